The number of amides is 1. The molecule has 1 aliphatic rings. The molecule has 1 N–H and O–H groups in total. The number of hydrogen-bond acceptors (Lipinski definition) is 6. The van der Waals surface area contributed by atoms with E-state index in [0.717, 1.165) is 5.56 Å². The molecule has 0 heterocycles. The molecule has 2 rings (SSSR count). The molecule has 1 aromatic rings. The number of hydrogen-bond donors (Lipinski definition) is 1. The molecule has 162 valence electrons. The van der Waals surface area contributed by atoms with E-state index in [0.29, 0.717) is 37.2 Å². The van der Waals surface area contributed by atoms with Crippen molar-refractivity contribution in [3.8, 4) is 11.5 Å². The Morgan fingerprint density at radius 3 is 2.53 bits per heavy atom. The second kappa shape index (κ2) is 10.6. The molecule has 1 saturated carbocycles. The first-order valence-corrected chi connectivity index (χ1v) is 9.90. The maximum Gasteiger partial charge on any atom is 0.312 e. The zero-order chi connectivity index (χ0) is 22.1. The Morgan fingerprint density at radius 1 is 1.23 bits per heavy atom. The van der Waals surface area contributed by atoms with Gasteiger partial charge >= 0.3 is 11.9 Å². The highest BCUT2D eigenvalue weighted by molar-refractivity contribution is 5.92. The largest absolute Gasteiger partial charge is 0.493 e. The smallest absolute Gasteiger partial charge is 0.312 e. The zero-order valence-electron chi connectivity index (χ0n) is 17.7. The van der Waals surface area contributed by atoms with E-state index in [2.05, 4.69) is 11.9 Å². The minimum atomic E-state index is -0.514. The van der Waals surface area contributed by atoms with Crippen LogP contribution in [0, 0.1) is 5.41 Å². The maximum absolute atomic E-state index is 12.3. The average molecular weight is 415 g/mol. The average Bonchev–Trinajstić information content (AvgIpc) is 2.72. The molecule has 0 radical (unpaired) electrons. The fourth-order valence-electron chi connectivity index (χ4n) is 3.36. The van der Waals surface area contributed by atoms with E-state index >= 15 is 0 Å². The van der Waals surface area contributed by atoms with Crippen LogP contribution in [0.4, 0.5) is 0 Å². The quantitative estimate of drug-likeness (QED) is 0.303. The summed E-state index contributed by atoms with van der Waals surface area (Å²) in [6, 6.07) is 5.04. The number of esters is 2. The number of ether oxygens (including phenoxy) is 3. The first-order chi connectivity index (χ1) is 14.3. The number of benzene rings is 1. The van der Waals surface area contributed by atoms with Crippen molar-refractivity contribution in [1.29, 1.82) is 0 Å². The number of carbonyl (C=O) groups excluding carboxylic acids is 3. The van der Waals surface area contributed by atoms with Gasteiger partial charge in [-0.05, 0) is 56.4 Å². The van der Waals surface area contributed by atoms with Crippen LogP contribution in [0.25, 0.3) is 6.08 Å². The van der Waals surface area contributed by atoms with E-state index in [-0.39, 0.29) is 24.5 Å². The second-order valence-corrected chi connectivity index (χ2v) is 7.57. The number of carbonyl (C=O) groups is 3. The van der Waals surface area contributed by atoms with Crippen LogP contribution in [0.2, 0.25) is 0 Å². The summed E-state index contributed by atoms with van der Waals surface area (Å²) < 4.78 is 15.5. The molecule has 1 amide bonds. The SMILES string of the molecule is C=CCOC(=O)C1(C)CCC(NC(=O)/C=C/c2ccc(OC(C)=O)c(OC)c2)CC1. The Hall–Kier alpha value is -3.09. The first kappa shape index (κ1) is 23.2. The van der Waals surface area contributed by atoms with Crippen molar-refractivity contribution in [1.82, 2.24) is 5.32 Å². The lowest BCUT2D eigenvalue weighted by Gasteiger charge is -2.35. The Morgan fingerprint density at radius 2 is 1.93 bits per heavy atom. The lowest BCUT2D eigenvalue weighted by molar-refractivity contribution is -0.155. The van der Waals surface area contributed by atoms with Gasteiger partial charge in [0.1, 0.15) is 6.61 Å². The first-order valence-electron chi connectivity index (χ1n) is 9.90. The van der Waals surface area contributed by atoms with Gasteiger partial charge < -0.3 is 19.5 Å². The van der Waals surface area contributed by atoms with Gasteiger partial charge in [-0.25, -0.2) is 0 Å². The summed E-state index contributed by atoms with van der Waals surface area (Å²) >= 11 is 0. The topological polar surface area (TPSA) is 90.9 Å². The summed E-state index contributed by atoms with van der Waals surface area (Å²) in [4.78, 5) is 35.6. The van der Waals surface area contributed by atoms with E-state index in [1.807, 2.05) is 6.92 Å². The van der Waals surface area contributed by atoms with Gasteiger partial charge in [-0.2, -0.15) is 0 Å². The fourth-order valence-corrected chi connectivity index (χ4v) is 3.36. The second-order valence-electron chi connectivity index (χ2n) is 7.57. The summed E-state index contributed by atoms with van der Waals surface area (Å²) in [5.41, 5.74) is 0.222. The van der Waals surface area contributed by atoms with E-state index < -0.39 is 11.4 Å². The maximum atomic E-state index is 12.3. The van der Waals surface area contributed by atoms with Crippen LogP contribution < -0.4 is 14.8 Å². The monoisotopic (exact) mass is 415 g/mol. The van der Waals surface area contributed by atoms with Gasteiger partial charge in [0.05, 0.1) is 12.5 Å². The molecule has 1 aromatic carbocycles. The van der Waals surface area contributed by atoms with Crippen molar-refractivity contribution in [2.75, 3.05) is 13.7 Å². The minimum absolute atomic E-state index is 0.0170. The Labute approximate surface area is 177 Å². The lowest BCUT2D eigenvalue weighted by atomic mass is 9.74. The van der Waals surface area contributed by atoms with Crippen LogP contribution in [-0.4, -0.2) is 37.6 Å². The summed E-state index contributed by atoms with van der Waals surface area (Å²) in [5.74, 6) is -0.126. The van der Waals surface area contributed by atoms with Crippen molar-refractivity contribution in [3.05, 3.63) is 42.5 Å². The molecular formula is C23H29NO6. The van der Waals surface area contributed by atoms with Crippen molar-refractivity contribution >= 4 is 23.9 Å². The van der Waals surface area contributed by atoms with Crippen molar-refractivity contribution in [2.24, 2.45) is 5.41 Å². The summed E-state index contributed by atoms with van der Waals surface area (Å²) in [7, 11) is 1.48. The van der Waals surface area contributed by atoms with E-state index in [1.54, 1.807) is 30.4 Å². The zero-order valence-corrected chi connectivity index (χ0v) is 17.7. The van der Waals surface area contributed by atoms with Crippen LogP contribution in [0.15, 0.2) is 36.9 Å². The van der Waals surface area contributed by atoms with E-state index in [1.165, 1.54) is 20.1 Å². The van der Waals surface area contributed by atoms with Gasteiger partial charge in [0.25, 0.3) is 0 Å². The molecule has 7 heteroatoms. The van der Waals surface area contributed by atoms with Crippen molar-refractivity contribution in [2.45, 2.75) is 45.6 Å². The Balaban J connectivity index is 1.89. The van der Waals surface area contributed by atoms with Gasteiger partial charge in [0.2, 0.25) is 5.91 Å². The van der Waals surface area contributed by atoms with Crippen molar-refractivity contribution < 1.29 is 28.6 Å². The molecule has 0 atom stereocenters. The van der Waals surface area contributed by atoms with E-state index in [4.69, 9.17) is 14.2 Å². The van der Waals surface area contributed by atoms with Crippen LogP contribution >= 0.6 is 0 Å². The number of rotatable bonds is 8. The van der Waals surface area contributed by atoms with Gasteiger partial charge in [-0.1, -0.05) is 18.7 Å². The van der Waals surface area contributed by atoms with Gasteiger partial charge in [0, 0.05) is 19.0 Å². The highest BCUT2D eigenvalue weighted by atomic mass is 16.6. The number of nitrogens with one attached hydrogen (secondary N) is 1. The van der Waals surface area contributed by atoms with Gasteiger partial charge in [-0.3, -0.25) is 14.4 Å². The third kappa shape index (κ3) is 6.47. The Bertz CT molecular complexity index is 821. The van der Waals surface area contributed by atoms with Crippen LogP contribution in [0.5, 0.6) is 11.5 Å². The fraction of sp³-hybridized carbons (Fsp3) is 0.435. The molecular weight excluding hydrogens is 386 g/mol. The molecule has 7 nitrogen and oxygen atoms in total. The van der Waals surface area contributed by atoms with Crippen LogP contribution in [0.1, 0.15) is 45.1 Å². The number of methoxy groups -OCH3 is 1. The molecule has 0 spiro atoms. The molecule has 0 aliphatic heterocycles. The molecule has 0 unspecified atom stereocenters. The molecule has 1 aliphatic carbocycles. The molecule has 0 saturated heterocycles. The molecule has 0 bridgehead atoms. The normalized spacial score (nSPS) is 21.0. The van der Waals surface area contributed by atoms with Gasteiger partial charge in [0.15, 0.2) is 11.5 Å². The highest BCUT2D eigenvalue weighted by Crippen LogP contribution is 2.37. The van der Waals surface area contributed by atoms with Crippen LogP contribution in [0.3, 0.4) is 0 Å². The summed E-state index contributed by atoms with van der Waals surface area (Å²) in [6.07, 6.45) is 7.41. The van der Waals surface area contributed by atoms with Crippen molar-refractivity contribution in [3.63, 3.8) is 0 Å². The minimum Gasteiger partial charge on any atom is -0.493 e. The van der Waals surface area contributed by atoms with E-state index in [9.17, 15) is 14.4 Å². The Kier molecular flexibility index (Phi) is 8.21. The predicted molar refractivity (Wildman–Crippen MR) is 113 cm³/mol. The summed E-state index contributed by atoms with van der Waals surface area (Å²) in [6.45, 7) is 6.99. The lowest BCUT2D eigenvalue weighted by Crippen LogP contribution is -2.42. The summed E-state index contributed by atoms with van der Waals surface area (Å²) in [5, 5.41) is 2.98. The molecule has 1 fully saturated rings. The standard InChI is InChI=1S/C23H29NO6/c1-5-14-29-22(27)23(3)12-10-18(11-13-23)24-21(26)9-7-17-6-8-19(30-16(2)25)20(15-17)28-4/h5-9,15,18H,1,10-14H2,2-4H3,(H,24,26)/b9-7+. The predicted octanol–water partition coefficient (Wildman–Crippen LogP) is 3.43. The van der Waals surface area contributed by atoms with Crippen LogP contribution in [-0.2, 0) is 19.1 Å². The van der Waals surface area contributed by atoms with Gasteiger partial charge in [-0.15, -0.1) is 0 Å². The molecule has 0 aromatic heterocycles. The highest BCUT2D eigenvalue weighted by Gasteiger charge is 2.39. The molecule has 30 heavy (non-hydrogen) atoms. The third-order valence-electron chi connectivity index (χ3n) is 5.13. The third-order valence-corrected chi connectivity index (χ3v) is 5.13.